The second-order valence-corrected chi connectivity index (χ2v) is 5.70. The molecule has 2 heteroatoms. The highest BCUT2D eigenvalue weighted by Crippen LogP contribution is 2.10. The third kappa shape index (κ3) is 3.98. The molecule has 0 spiro atoms. The molecule has 1 aromatic heterocycles. The van der Waals surface area contributed by atoms with E-state index in [9.17, 15) is 4.79 Å². The van der Waals surface area contributed by atoms with Crippen molar-refractivity contribution in [2.24, 2.45) is 0 Å². The van der Waals surface area contributed by atoms with Crippen molar-refractivity contribution in [3.05, 3.63) is 94.8 Å². The Morgan fingerprint density at radius 2 is 1.65 bits per heavy atom. The first kappa shape index (κ1) is 15.3. The van der Waals surface area contributed by atoms with Crippen molar-refractivity contribution in [3.63, 3.8) is 0 Å². The third-order valence-electron chi connectivity index (χ3n) is 4.03. The number of benzene rings is 2. The topological polar surface area (TPSA) is 22.0 Å². The minimum Gasteiger partial charge on any atom is -0.343 e. The number of para-hydroxylation sites is 1. The number of aryl methyl sites for hydroxylation is 1. The van der Waals surface area contributed by atoms with Gasteiger partial charge in [0, 0.05) is 24.2 Å². The summed E-state index contributed by atoms with van der Waals surface area (Å²) in [6.07, 6.45) is 9.64. The van der Waals surface area contributed by atoms with Gasteiger partial charge in [0.05, 0.1) is 5.52 Å². The molecule has 3 aromatic rings. The van der Waals surface area contributed by atoms with Gasteiger partial charge in [0.2, 0.25) is 0 Å². The molecule has 0 saturated heterocycles. The van der Waals surface area contributed by atoms with Crippen molar-refractivity contribution in [3.8, 4) is 0 Å². The Morgan fingerprint density at radius 3 is 2.52 bits per heavy atom. The summed E-state index contributed by atoms with van der Waals surface area (Å²) in [5, 5.41) is 0.785. The van der Waals surface area contributed by atoms with Crippen molar-refractivity contribution in [1.29, 1.82) is 0 Å². The molecule has 0 bridgehead atoms. The molecule has 0 aliphatic rings. The van der Waals surface area contributed by atoms with Crippen LogP contribution in [0.4, 0.5) is 0 Å². The summed E-state index contributed by atoms with van der Waals surface area (Å²) in [5.41, 5.74) is 2.48. The Kier molecular flexibility index (Phi) is 5.05. The zero-order valence-corrected chi connectivity index (χ0v) is 13.2. The highest BCUT2D eigenvalue weighted by Gasteiger charge is 1.99. The fourth-order valence-corrected chi connectivity index (χ4v) is 2.79. The maximum absolute atomic E-state index is 11.8. The van der Waals surface area contributed by atoms with Crippen LogP contribution >= 0.6 is 0 Å². The fourth-order valence-electron chi connectivity index (χ4n) is 2.79. The number of fused-ring (bicyclic) bond motifs is 1. The van der Waals surface area contributed by atoms with Gasteiger partial charge in [-0.15, -0.1) is 0 Å². The lowest BCUT2D eigenvalue weighted by Crippen LogP contribution is -2.06. The van der Waals surface area contributed by atoms with E-state index in [0.717, 1.165) is 36.7 Å². The first-order chi connectivity index (χ1) is 11.3. The molecule has 0 saturated carbocycles. The fraction of sp³-hybridized carbons (Fsp3) is 0.190. The molecule has 116 valence electrons. The van der Waals surface area contributed by atoms with Crippen molar-refractivity contribution in [1.82, 2.24) is 4.57 Å². The summed E-state index contributed by atoms with van der Waals surface area (Å²) in [6, 6.07) is 20.0. The molecule has 23 heavy (non-hydrogen) atoms. The Balaban J connectivity index is 1.56. The second kappa shape index (κ2) is 7.59. The van der Waals surface area contributed by atoms with Gasteiger partial charge >= 0.3 is 0 Å². The third-order valence-corrected chi connectivity index (χ3v) is 4.03. The van der Waals surface area contributed by atoms with Crippen LogP contribution < -0.4 is 5.43 Å². The Bertz CT molecular complexity index is 846. The van der Waals surface area contributed by atoms with Gasteiger partial charge in [0.1, 0.15) is 0 Å². The van der Waals surface area contributed by atoms with E-state index in [4.69, 9.17) is 0 Å². The summed E-state index contributed by atoms with van der Waals surface area (Å²) in [6.45, 7) is 0.798. The Hall–Kier alpha value is -2.61. The highest BCUT2D eigenvalue weighted by atomic mass is 16.1. The summed E-state index contributed by atoms with van der Waals surface area (Å²) >= 11 is 0. The molecule has 0 unspecified atom stereocenters. The van der Waals surface area contributed by atoms with Crippen molar-refractivity contribution in [2.45, 2.75) is 25.8 Å². The SMILES string of the molecule is O=c1ccn(C/C=C/CCCc2ccccc2)c2ccccc12. The molecule has 2 nitrogen and oxygen atoms in total. The number of pyridine rings is 1. The van der Waals surface area contributed by atoms with Crippen molar-refractivity contribution in [2.75, 3.05) is 0 Å². The van der Waals surface area contributed by atoms with Gasteiger partial charge < -0.3 is 4.57 Å². The summed E-state index contributed by atoms with van der Waals surface area (Å²) in [7, 11) is 0. The van der Waals surface area contributed by atoms with E-state index in [2.05, 4.69) is 47.1 Å². The van der Waals surface area contributed by atoms with E-state index in [-0.39, 0.29) is 5.43 Å². The number of aromatic nitrogens is 1. The summed E-state index contributed by atoms with van der Waals surface area (Å²) < 4.78 is 2.12. The molecule has 3 rings (SSSR count). The Morgan fingerprint density at radius 1 is 0.870 bits per heavy atom. The quantitative estimate of drug-likeness (QED) is 0.482. The lowest BCUT2D eigenvalue weighted by atomic mass is 10.1. The standard InChI is InChI=1S/C21H21NO/c23-21-15-17-22(20-14-8-7-13-19(20)21)16-9-2-1-4-10-18-11-5-3-6-12-18/h2-3,5-9,11-15,17H,1,4,10,16H2/b9-2+. The molecule has 0 N–H and O–H groups in total. The van der Waals surface area contributed by atoms with E-state index >= 15 is 0 Å². The van der Waals surface area contributed by atoms with Crippen molar-refractivity contribution >= 4 is 10.9 Å². The van der Waals surface area contributed by atoms with Crippen LogP contribution in [0, 0.1) is 0 Å². The minimum absolute atomic E-state index is 0.0868. The van der Waals surface area contributed by atoms with Crippen molar-refractivity contribution < 1.29 is 0 Å². The van der Waals surface area contributed by atoms with Gasteiger partial charge in [-0.05, 0) is 37.0 Å². The maximum atomic E-state index is 11.8. The smallest absolute Gasteiger partial charge is 0.189 e. The van der Waals surface area contributed by atoms with Crippen LogP contribution in [-0.4, -0.2) is 4.57 Å². The average molecular weight is 303 g/mol. The molecule has 0 aliphatic heterocycles. The number of nitrogens with zero attached hydrogens (tertiary/aromatic N) is 1. The zero-order valence-electron chi connectivity index (χ0n) is 13.2. The number of hydrogen-bond donors (Lipinski definition) is 0. The lowest BCUT2D eigenvalue weighted by Gasteiger charge is -2.07. The summed E-state index contributed by atoms with van der Waals surface area (Å²) in [5.74, 6) is 0. The van der Waals surface area contributed by atoms with Crippen LogP contribution in [0.5, 0.6) is 0 Å². The van der Waals surface area contributed by atoms with Gasteiger partial charge in [0.25, 0.3) is 0 Å². The Labute approximate surface area is 136 Å². The normalized spacial score (nSPS) is 11.3. The molecular weight excluding hydrogens is 282 g/mol. The molecule has 0 amide bonds. The molecular formula is C21H21NO. The molecule has 1 heterocycles. The number of unbranched alkanes of at least 4 members (excludes halogenated alkanes) is 1. The van der Waals surface area contributed by atoms with Crippen LogP contribution in [0.25, 0.3) is 10.9 Å². The number of hydrogen-bond acceptors (Lipinski definition) is 1. The molecule has 0 radical (unpaired) electrons. The van der Waals surface area contributed by atoms with Crippen LogP contribution in [0.15, 0.2) is 83.8 Å². The van der Waals surface area contributed by atoms with Crippen LogP contribution in [0.2, 0.25) is 0 Å². The lowest BCUT2D eigenvalue weighted by molar-refractivity contribution is 0.818. The van der Waals surface area contributed by atoms with E-state index in [1.54, 1.807) is 6.07 Å². The first-order valence-electron chi connectivity index (χ1n) is 8.12. The first-order valence-corrected chi connectivity index (χ1v) is 8.12. The molecule has 2 aromatic carbocycles. The summed E-state index contributed by atoms with van der Waals surface area (Å²) in [4.78, 5) is 11.8. The molecule has 0 atom stereocenters. The molecule has 0 aliphatic carbocycles. The van der Waals surface area contributed by atoms with Crippen LogP contribution in [0.3, 0.4) is 0 Å². The van der Waals surface area contributed by atoms with E-state index in [1.165, 1.54) is 5.56 Å². The number of rotatable bonds is 6. The van der Waals surface area contributed by atoms with Crippen LogP contribution in [0.1, 0.15) is 18.4 Å². The minimum atomic E-state index is 0.0868. The zero-order chi connectivity index (χ0) is 15.9. The van der Waals surface area contributed by atoms with E-state index in [1.807, 2.05) is 30.5 Å². The van der Waals surface area contributed by atoms with Crippen LogP contribution in [-0.2, 0) is 13.0 Å². The predicted molar refractivity (Wildman–Crippen MR) is 96.7 cm³/mol. The molecule has 0 fully saturated rings. The highest BCUT2D eigenvalue weighted by molar-refractivity contribution is 5.78. The average Bonchev–Trinajstić information content (AvgIpc) is 2.61. The van der Waals surface area contributed by atoms with E-state index in [0.29, 0.717) is 0 Å². The van der Waals surface area contributed by atoms with Gasteiger partial charge in [0.15, 0.2) is 5.43 Å². The van der Waals surface area contributed by atoms with Gasteiger partial charge in [-0.1, -0.05) is 54.6 Å². The number of allylic oxidation sites excluding steroid dienone is 2. The second-order valence-electron chi connectivity index (χ2n) is 5.70. The van der Waals surface area contributed by atoms with E-state index < -0.39 is 0 Å². The largest absolute Gasteiger partial charge is 0.343 e. The van der Waals surface area contributed by atoms with Gasteiger partial charge in [-0.25, -0.2) is 0 Å². The predicted octanol–water partition coefficient (Wildman–Crippen LogP) is 4.58. The maximum Gasteiger partial charge on any atom is 0.189 e. The van der Waals surface area contributed by atoms with Gasteiger partial charge in [-0.3, -0.25) is 4.79 Å². The monoisotopic (exact) mass is 303 g/mol. The van der Waals surface area contributed by atoms with Gasteiger partial charge in [-0.2, -0.15) is 0 Å².